The summed E-state index contributed by atoms with van der Waals surface area (Å²) >= 11 is 1.70. The van der Waals surface area contributed by atoms with Gasteiger partial charge in [0.2, 0.25) is 0 Å². The lowest BCUT2D eigenvalue weighted by Crippen LogP contribution is -2.55. The molecule has 0 heterocycles. The van der Waals surface area contributed by atoms with Gasteiger partial charge in [0.1, 0.15) is 5.54 Å². The third-order valence-corrected chi connectivity index (χ3v) is 4.67. The Morgan fingerprint density at radius 1 is 1.38 bits per heavy atom. The molecule has 0 saturated heterocycles. The maximum Gasteiger partial charge on any atom is 0.326 e. The fraction of sp³-hybridized carbons (Fsp3) is 0.588. The van der Waals surface area contributed by atoms with Gasteiger partial charge < -0.3 is 4.74 Å². The highest BCUT2D eigenvalue weighted by molar-refractivity contribution is 7.99. The minimum atomic E-state index is -0.674. The van der Waals surface area contributed by atoms with Crippen LogP contribution in [0.3, 0.4) is 0 Å². The fourth-order valence-corrected chi connectivity index (χ4v) is 3.37. The van der Waals surface area contributed by atoms with E-state index in [0.29, 0.717) is 12.4 Å². The second kappa shape index (κ2) is 7.85. The summed E-state index contributed by atoms with van der Waals surface area (Å²) in [6, 6.07) is 6.61. The number of esters is 1. The molecule has 0 radical (unpaired) electrons. The van der Waals surface area contributed by atoms with Crippen LogP contribution < -0.4 is 5.32 Å². The number of nitrogens with one attached hydrogen (secondary N) is 1. The van der Waals surface area contributed by atoms with Crippen LogP contribution in [0.5, 0.6) is 0 Å². The predicted octanol–water partition coefficient (Wildman–Crippen LogP) is 3.72. The highest BCUT2D eigenvalue weighted by Crippen LogP contribution is 2.27. The third kappa shape index (κ3) is 5.36. The first-order valence-corrected chi connectivity index (χ1v) is 8.42. The Hall–Kier alpha value is -1.00. The Kier molecular flexibility index (Phi) is 6.75. The van der Waals surface area contributed by atoms with E-state index in [-0.39, 0.29) is 12.0 Å². The maximum atomic E-state index is 12.3. The topological polar surface area (TPSA) is 38.3 Å². The van der Waals surface area contributed by atoms with Crippen LogP contribution >= 0.6 is 11.8 Å². The van der Waals surface area contributed by atoms with E-state index >= 15 is 0 Å². The zero-order valence-electron chi connectivity index (χ0n) is 13.9. The lowest BCUT2D eigenvalue weighted by molar-refractivity contribution is -0.149. The first kappa shape index (κ1) is 18.1. The smallest absolute Gasteiger partial charge is 0.326 e. The van der Waals surface area contributed by atoms with Crippen molar-refractivity contribution in [3.05, 3.63) is 29.3 Å². The summed E-state index contributed by atoms with van der Waals surface area (Å²) in [5, 5.41) is 3.35. The van der Waals surface area contributed by atoms with E-state index < -0.39 is 5.54 Å². The van der Waals surface area contributed by atoms with Gasteiger partial charge in [0.15, 0.2) is 0 Å². The van der Waals surface area contributed by atoms with E-state index in [4.69, 9.17) is 4.74 Å². The molecule has 0 aliphatic carbocycles. The molecule has 4 heteroatoms. The van der Waals surface area contributed by atoms with Crippen molar-refractivity contribution in [3.8, 4) is 0 Å². The molecule has 21 heavy (non-hydrogen) atoms. The largest absolute Gasteiger partial charge is 0.465 e. The number of rotatable bonds is 7. The van der Waals surface area contributed by atoms with Crippen LogP contribution in [0.25, 0.3) is 0 Å². The van der Waals surface area contributed by atoms with Crippen LogP contribution in [0, 0.1) is 13.8 Å². The number of benzene rings is 1. The van der Waals surface area contributed by atoms with Gasteiger partial charge in [-0.05, 0) is 53.2 Å². The van der Waals surface area contributed by atoms with Crippen LogP contribution in [0.2, 0.25) is 0 Å². The molecule has 0 amide bonds. The number of hydrogen-bond donors (Lipinski definition) is 1. The molecule has 0 aliphatic heterocycles. The second-order valence-corrected chi connectivity index (χ2v) is 6.93. The van der Waals surface area contributed by atoms with Gasteiger partial charge in [-0.2, -0.15) is 0 Å². The summed E-state index contributed by atoms with van der Waals surface area (Å²) < 4.78 is 5.23. The molecule has 1 aromatic carbocycles. The van der Waals surface area contributed by atoms with Crippen molar-refractivity contribution in [1.29, 1.82) is 0 Å². The summed E-state index contributed by atoms with van der Waals surface area (Å²) in [6.07, 6.45) is 0. The van der Waals surface area contributed by atoms with E-state index in [2.05, 4.69) is 37.4 Å². The molecule has 0 spiro atoms. The van der Waals surface area contributed by atoms with Crippen LogP contribution in [-0.4, -0.2) is 29.9 Å². The van der Waals surface area contributed by atoms with Crippen LogP contribution in [0.1, 0.15) is 38.8 Å². The van der Waals surface area contributed by atoms with Crippen LogP contribution in [0.15, 0.2) is 23.1 Å². The molecular formula is C17H27NO2S. The molecule has 1 N–H and O–H groups in total. The molecule has 0 bridgehead atoms. The van der Waals surface area contributed by atoms with Gasteiger partial charge in [0.05, 0.1) is 6.61 Å². The number of ether oxygens (including phenoxy) is 1. The van der Waals surface area contributed by atoms with Crippen LogP contribution in [0.4, 0.5) is 0 Å². The van der Waals surface area contributed by atoms with Gasteiger partial charge in [0.25, 0.3) is 0 Å². The molecule has 0 fully saturated rings. The third-order valence-electron chi connectivity index (χ3n) is 3.18. The first-order valence-electron chi connectivity index (χ1n) is 7.43. The second-order valence-electron chi connectivity index (χ2n) is 5.91. The minimum absolute atomic E-state index is 0.184. The summed E-state index contributed by atoms with van der Waals surface area (Å²) in [5.41, 5.74) is 1.83. The monoisotopic (exact) mass is 309 g/mol. The SMILES string of the molecule is CCOC(=O)C(C)(CSc1ccc(C)cc1C)NC(C)C. The molecule has 1 unspecified atom stereocenters. The van der Waals surface area contributed by atoms with E-state index in [1.165, 1.54) is 16.0 Å². The van der Waals surface area contributed by atoms with Crippen molar-refractivity contribution in [3.63, 3.8) is 0 Å². The lowest BCUT2D eigenvalue weighted by Gasteiger charge is -2.30. The summed E-state index contributed by atoms with van der Waals surface area (Å²) in [4.78, 5) is 13.5. The Balaban J connectivity index is 2.83. The molecule has 1 atom stereocenters. The van der Waals surface area contributed by atoms with Gasteiger partial charge in [-0.25, -0.2) is 0 Å². The quantitative estimate of drug-likeness (QED) is 0.615. The van der Waals surface area contributed by atoms with Gasteiger partial charge in [-0.15, -0.1) is 11.8 Å². The van der Waals surface area contributed by atoms with Gasteiger partial charge in [-0.3, -0.25) is 10.1 Å². The number of aryl methyl sites for hydroxylation is 2. The van der Waals surface area contributed by atoms with Gasteiger partial charge in [-0.1, -0.05) is 17.7 Å². The van der Waals surface area contributed by atoms with Crippen molar-refractivity contribution < 1.29 is 9.53 Å². The minimum Gasteiger partial charge on any atom is -0.465 e. The molecule has 0 aliphatic rings. The normalized spacial score (nSPS) is 14.0. The Labute approximate surface area is 132 Å². The average molecular weight is 309 g/mol. The van der Waals surface area contributed by atoms with Gasteiger partial charge in [0, 0.05) is 16.7 Å². The highest BCUT2D eigenvalue weighted by atomic mass is 32.2. The van der Waals surface area contributed by atoms with Crippen molar-refractivity contribution in [2.45, 2.75) is 58.0 Å². The summed E-state index contributed by atoms with van der Waals surface area (Å²) in [6.45, 7) is 12.4. The maximum absolute atomic E-state index is 12.3. The average Bonchev–Trinajstić information content (AvgIpc) is 2.37. The molecule has 118 valence electrons. The molecule has 1 aromatic rings. The molecule has 0 aromatic heterocycles. The predicted molar refractivity (Wildman–Crippen MR) is 89.9 cm³/mol. The number of hydrogen-bond acceptors (Lipinski definition) is 4. The number of carbonyl (C=O) groups is 1. The Bertz CT molecular complexity index is 488. The summed E-state index contributed by atoms with van der Waals surface area (Å²) in [5.74, 6) is 0.462. The Morgan fingerprint density at radius 3 is 2.57 bits per heavy atom. The van der Waals surface area contributed by atoms with Gasteiger partial charge >= 0.3 is 5.97 Å². The molecule has 0 saturated carbocycles. The molecular weight excluding hydrogens is 282 g/mol. The molecule has 3 nitrogen and oxygen atoms in total. The molecule has 1 rings (SSSR count). The number of carbonyl (C=O) groups excluding carboxylic acids is 1. The first-order chi connectivity index (χ1) is 9.78. The number of thioether (sulfide) groups is 1. The zero-order valence-corrected chi connectivity index (χ0v) is 14.8. The standard InChI is InChI=1S/C17H27NO2S/c1-7-20-16(19)17(6,18-12(2)3)11-21-15-9-8-13(4)10-14(15)5/h8-10,12,18H,7,11H2,1-6H3. The fourth-order valence-electron chi connectivity index (χ4n) is 2.27. The lowest BCUT2D eigenvalue weighted by atomic mass is 10.0. The van der Waals surface area contributed by atoms with Crippen molar-refractivity contribution in [2.75, 3.05) is 12.4 Å². The highest BCUT2D eigenvalue weighted by Gasteiger charge is 2.35. The van der Waals surface area contributed by atoms with E-state index in [1.54, 1.807) is 11.8 Å². The summed E-state index contributed by atoms with van der Waals surface area (Å²) in [7, 11) is 0. The van der Waals surface area contributed by atoms with E-state index in [9.17, 15) is 4.79 Å². The van der Waals surface area contributed by atoms with Crippen molar-refractivity contribution >= 4 is 17.7 Å². The van der Waals surface area contributed by atoms with Crippen molar-refractivity contribution in [2.24, 2.45) is 0 Å². The van der Waals surface area contributed by atoms with E-state index in [0.717, 1.165) is 0 Å². The zero-order chi connectivity index (χ0) is 16.0. The van der Waals surface area contributed by atoms with E-state index in [1.807, 2.05) is 27.7 Å². The Morgan fingerprint density at radius 2 is 2.05 bits per heavy atom. The van der Waals surface area contributed by atoms with Crippen molar-refractivity contribution in [1.82, 2.24) is 5.32 Å². The van der Waals surface area contributed by atoms with Crippen LogP contribution in [-0.2, 0) is 9.53 Å².